The van der Waals surface area contributed by atoms with E-state index in [0.29, 0.717) is 134 Å². The summed E-state index contributed by atoms with van der Waals surface area (Å²) in [6.45, 7) is 17.0. The van der Waals surface area contributed by atoms with E-state index < -0.39 is 41.0 Å². The van der Waals surface area contributed by atoms with E-state index in [1.807, 2.05) is 49.1 Å². The van der Waals surface area contributed by atoms with Gasteiger partial charge in [0, 0.05) is 67.7 Å². The molecule has 25 heteroatoms. The lowest BCUT2D eigenvalue weighted by atomic mass is 9.50. The van der Waals surface area contributed by atoms with E-state index in [4.69, 9.17) is 53.9 Å². The third-order valence-electron chi connectivity index (χ3n) is 16.4. The van der Waals surface area contributed by atoms with Crippen molar-refractivity contribution in [3.05, 3.63) is 65.5 Å². The smallest absolute Gasteiger partial charge is 0.313 e. The van der Waals surface area contributed by atoms with Crippen LogP contribution in [0.1, 0.15) is 130 Å². The summed E-state index contributed by atoms with van der Waals surface area (Å²) in [5, 5.41) is 25.0. The maximum absolute atomic E-state index is 13.9. The van der Waals surface area contributed by atoms with Crippen molar-refractivity contribution in [2.24, 2.45) is 33.2 Å². The van der Waals surface area contributed by atoms with Gasteiger partial charge < -0.3 is 63.4 Å². The molecule has 1 heterocycles. The summed E-state index contributed by atoms with van der Waals surface area (Å²) in [5.74, 6) is -2.32. The topological polar surface area (TPSA) is 243 Å². The Bertz CT molecular complexity index is 2430. The number of carbonyl (C=O) groups is 2. The SMILES string of the molecule is CC.CC(=N)N(C(=N)C1CC2(CC(OCCOCCOCCOCCOC/C(C=NCCOCCOCCOCCOCCC(=O)Oc3c(F)cc(F)cc3F)=N/N)C2)C1)C(C)CC1CCC(C)N1CCC(NC(=O)C1CCC(F)(F)CC1)c1ccccc1. The highest BCUT2D eigenvalue weighted by molar-refractivity contribution is 6.31. The molecule has 6 rings (SSSR count). The maximum atomic E-state index is 13.9. The summed E-state index contributed by atoms with van der Waals surface area (Å²) in [5.41, 5.74) is 1.68. The number of aliphatic imine (C=N–C) groups is 1. The highest BCUT2D eigenvalue weighted by Gasteiger charge is 2.55. The number of nitrogens with two attached hydrogens (primary N) is 1. The van der Waals surface area contributed by atoms with E-state index in [9.17, 15) is 37.0 Å². The number of hydrazone groups is 1. The monoisotopic (exact) mass is 1270 g/mol. The quantitative estimate of drug-likeness (QED) is 0.00707. The predicted octanol–water partition coefficient (Wildman–Crippen LogP) is 9.50. The van der Waals surface area contributed by atoms with E-state index >= 15 is 0 Å². The van der Waals surface area contributed by atoms with Gasteiger partial charge in [0.2, 0.25) is 17.6 Å². The number of halogens is 5. The molecule has 5 N–H and O–H groups in total. The largest absolute Gasteiger partial charge is 0.420 e. The third-order valence-corrected chi connectivity index (χ3v) is 16.4. The fourth-order valence-electron chi connectivity index (χ4n) is 11.9. The number of nitrogens with zero attached hydrogens (tertiary/aromatic N) is 4. The second-order valence-electron chi connectivity index (χ2n) is 23.1. The van der Waals surface area contributed by atoms with E-state index in [1.165, 1.54) is 6.21 Å². The van der Waals surface area contributed by atoms with Crippen molar-refractivity contribution in [2.45, 2.75) is 154 Å². The van der Waals surface area contributed by atoms with Crippen LogP contribution in [0.4, 0.5) is 22.0 Å². The van der Waals surface area contributed by atoms with Gasteiger partial charge in [0.1, 0.15) is 17.4 Å². The third kappa shape index (κ3) is 26.6. The van der Waals surface area contributed by atoms with Crippen LogP contribution in [0, 0.1) is 45.5 Å². The normalized spacial score (nSPS) is 21.6. The number of amides is 1. The Balaban J connectivity index is 0.00000713. The Morgan fingerprint density at radius 3 is 1.85 bits per heavy atom. The van der Waals surface area contributed by atoms with Gasteiger partial charge in [-0.3, -0.25) is 30.3 Å². The number of esters is 1. The highest BCUT2D eigenvalue weighted by atomic mass is 19.3. The molecule has 2 aromatic carbocycles. The minimum Gasteiger partial charge on any atom is -0.420 e. The van der Waals surface area contributed by atoms with Gasteiger partial charge in [0.05, 0.1) is 143 Å². The lowest BCUT2D eigenvalue weighted by Crippen LogP contribution is -2.57. The first kappa shape index (κ1) is 74.6. The summed E-state index contributed by atoms with van der Waals surface area (Å²) < 4.78 is 123. The molecule has 1 saturated heterocycles. The van der Waals surface area contributed by atoms with Gasteiger partial charge in [-0.2, -0.15) is 5.10 Å². The first-order valence-corrected chi connectivity index (χ1v) is 31.7. The van der Waals surface area contributed by atoms with E-state index in [-0.39, 0.29) is 100 Å². The molecule has 4 fully saturated rings. The summed E-state index contributed by atoms with van der Waals surface area (Å²) in [7, 11) is 0. The molecule has 1 amide bonds. The Hall–Kier alpha value is -5.09. The molecule has 1 spiro atoms. The number of alkyl halides is 2. The minimum atomic E-state index is -2.69. The van der Waals surface area contributed by atoms with Crippen LogP contribution < -0.4 is 15.9 Å². The second-order valence-corrected chi connectivity index (χ2v) is 23.1. The van der Waals surface area contributed by atoms with Crippen molar-refractivity contribution in [1.29, 1.82) is 10.8 Å². The number of amidine groups is 2. The van der Waals surface area contributed by atoms with Crippen LogP contribution in [0.3, 0.4) is 0 Å². The molecule has 4 aliphatic rings. The van der Waals surface area contributed by atoms with Crippen molar-refractivity contribution in [3.8, 4) is 5.75 Å². The number of nitrogens with one attached hydrogen (secondary N) is 3. The fraction of sp³-hybridized carbons (Fsp3) is 0.719. The molecule has 0 bridgehead atoms. The summed E-state index contributed by atoms with van der Waals surface area (Å²) >= 11 is 0. The Labute approximate surface area is 522 Å². The Morgan fingerprint density at radius 1 is 0.753 bits per heavy atom. The molecular formula is C64H99F5N8O12. The van der Waals surface area contributed by atoms with Gasteiger partial charge in [0.25, 0.3) is 0 Å². The van der Waals surface area contributed by atoms with Crippen LogP contribution in [0.15, 0.2) is 52.6 Å². The number of carbonyl (C=O) groups excluding carboxylic acids is 2. The average Bonchev–Trinajstić information content (AvgIpc) is 2.44. The molecule has 1 aliphatic heterocycles. The predicted molar refractivity (Wildman–Crippen MR) is 329 cm³/mol. The summed E-state index contributed by atoms with van der Waals surface area (Å²) in [6.07, 6.45) is 8.81. The molecule has 502 valence electrons. The first-order valence-electron chi connectivity index (χ1n) is 31.7. The molecule has 89 heavy (non-hydrogen) atoms. The summed E-state index contributed by atoms with van der Waals surface area (Å²) in [6, 6.07) is 11.1. The van der Waals surface area contributed by atoms with E-state index in [2.05, 4.69) is 38.9 Å². The highest BCUT2D eigenvalue weighted by Crippen LogP contribution is 2.60. The summed E-state index contributed by atoms with van der Waals surface area (Å²) in [4.78, 5) is 33.9. The van der Waals surface area contributed by atoms with Gasteiger partial charge >= 0.3 is 5.97 Å². The van der Waals surface area contributed by atoms with Crippen LogP contribution >= 0.6 is 0 Å². The number of benzene rings is 2. The van der Waals surface area contributed by atoms with Gasteiger partial charge in [-0.15, -0.1) is 0 Å². The van der Waals surface area contributed by atoms with Crippen LogP contribution in [0.25, 0.3) is 0 Å². The number of hydrogen-bond acceptors (Lipinski definition) is 18. The van der Waals surface area contributed by atoms with E-state index in [1.54, 1.807) is 6.92 Å². The maximum Gasteiger partial charge on any atom is 0.313 e. The van der Waals surface area contributed by atoms with Crippen molar-refractivity contribution in [2.75, 3.05) is 125 Å². The molecule has 4 atom stereocenters. The lowest BCUT2D eigenvalue weighted by molar-refractivity contribution is -0.136. The number of rotatable bonds is 42. The van der Waals surface area contributed by atoms with E-state index in [0.717, 1.165) is 57.1 Å². The molecule has 20 nitrogen and oxygen atoms in total. The number of ether oxygens (including phenoxy) is 10. The van der Waals surface area contributed by atoms with Gasteiger partial charge in [-0.1, -0.05) is 44.2 Å². The minimum absolute atomic E-state index is 0.0227. The van der Waals surface area contributed by atoms with Crippen molar-refractivity contribution in [3.63, 3.8) is 0 Å². The molecule has 2 aromatic rings. The van der Waals surface area contributed by atoms with Crippen LogP contribution in [0.5, 0.6) is 5.75 Å². The van der Waals surface area contributed by atoms with Crippen molar-refractivity contribution < 1.29 is 78.9 Å². The van der Waals surface area contributed by atoms with Gasteiger partial charge in [-0.05, 0) is 96.0 Å². The zero-order valence-electron chi connectivity index (χ0n) is 52.9. The molecular weight excluding hydrogens is 1170 g/mol. The molecule has 4 unspecified atom stereocenters. The second kappa shape index (κ2) is 40.7. The standard InChI is InChI=1S/C62H93F5N8O12.C2H6/c1-44-9-10-52(74(44)18-13-56(47-7-5-4-6-8-47)72-60(77)48-11-15-62(66,67)16-12-48)35-45(2)75(46(3)68)59(69)49-38-61(39-49)40-53(41-61)86-34-33-84-30-29-82-27-28-83-31-32-85-43-51(73-70)42-71-17-20-79-22-24-81-26-25-80-23-21-78-19-14-57(76)87-58-54(64)36-50(63)37-55(58)65;1-2/h4-8,36-37,42,44-45,48-49,52-53,56,68-69H,9-35,38-41,43,70H2,1-3H3,(H,72,77);1-2H3/b68-46?,69-59?,71-42?,73-51+;. The van der Waals surface area contributed by atoms with Gasteiger partial charge in [0.15, 0.2) is 11.6 Å². The zero-order chi connectivity index (χ0) is 64.4. The van der Waals surface area contributed by atoms with Crippen LogP contribution in [-0.4, -0.2) is 201 Å². The van der Waals surface area contributed by atoms with Crippen molar-refractivity contribution in [1.82, 2.24) is 15.1 Å². The first-order chi connectivity index (χ1) is 43.0. The molecule has 0 radical (unpaired) electrons. The fourth-order valence-corrected chi connectivity index (χ4v) is 11.9. The molecule has 0 aromatic heterocycles. The molecule has 3 saturated carbocycles. The average molecular weight is 1270 g/mol. The number of hydrogen-bond donors (Lipinski definition) is 4. The lowest BCUT2D eigenvalue weighted by Gasteiger charge is -2.58. The van der Waals surface area contributed by atoms with Crippen molar-refractivity contribution >= 4 is 35.5 Å². The number of likely N-dealkylation sites (tertiary alicyclic amines) is 1. The van der Waals surface area contributed by atoms with Crippen LogP contribution in [-0.2, 0) is 52.2 Å². The Morgan fingerprint density at radius 2 is 1.29 bits per heavy atom. The van der Waals surface area contributed by atoms with Crippen LogP contribution in [0.2, 0.25) is 0 Å². The molecule has 3 aliphatic carbocycles. The Kier molecular flexibility index (Phi) is 34.1. The zero-order valence-corrected chi connectivity index (χ0v) is 52.9. The van der Waals surface area contributed by atoms with Gasteiger partial charge in [-0.25, -0.2) is 22.0 Å².